The second-order valence-corrected chi connectivity index (χ2v) is 5.76. The zero-order chi connectivity index (χ0) is 18.7. The first-order chi connectivity index (χ1) is 12.3. The Morgan fingerprint density at radius 1 is 1.04 bits per heavy atom. The highest BCUT2D eigenvalue weighted by Crippen LogP contribution is 2.30. The molecular formula is C17H14F4N4O. The number of rotatable bonds is 4. The number of benzene rings is 2. The summed E-state index contributed by atoms with van der Waals surface area (Å²) < 4.78 is 55.0. The third-order valence-corrected chi connectivity index (χ3v) is 3.83. The predicted octanol–water partition coefficient (Wildman–Crippen LogP) is 2.86. The third-order valence-electron chi connectivity index (χ3n) is 3.83. The van der Waals surface area contributed by atoms with Gasteiger partial charge in [-0.05, 0) is 47.4 Å². The third kappa shape index (κ3) is 4.49. The van der Waals surface area contributed by atoms with Crippen LogP contribution in [-0.2, 0) is 6.42 Å². The number of nitriles is 1. The van der Waals surface area contributed by atoms with E-state index in [1.807, 2.05) is 6.07 Å². The van der Waals surface area contributed by atoms with Gasteiger partial charge in [-0.2, -0.15) is 10.8 Å². The lowest BCUT2D eigenvalue weighted by Gasteiger charge is -2.17. The van der Waals surface area contributed by atoms with Gasteiger partial charge in [-0.25, -0.2) is 15.2 Å². The molecule has 0 bridgehead atoms. The lowest BCUT2D eigenvalue weighted by atomic mass is 9.96. The Hall–Kier alpha value is -2.67. The second kappa shape index (κ2) is 7.29. The van der Waals surface area contributed by atoms with Crippen molar-refractivity contribution < 1.29 is 22.3 Å². The molecule has 0 radical (unpaired) electrons. The van der Waals surface area contributed by atoms with Gasteiger partial charge in [0, 0.05) is 0 Å². The summed E-state index contributed by atoms with van der Waals surface area (Å²) in [6.45, 7) is 0. The van der Waals surface area contributed by atoms with Crippen LogP contribution in [0.5, 0.6) is 5.75 Å². The first kappa shape index (κ1) is 18.1. The van der Waals surface area contributed by atoms with E-state index in [0.29, 0.717) is 11.1 Å². The summed E-state index contributed by atoms with van der Waals surface area (Å²) in [7, 11) is 0. The van der Waals surface area contributed by atoms with Crippen molar-refractivity contribution in [2.24, 2.45) is 0 Å². The minimum absolute atomic E-state index is 0.285. The molecule has 3 N–H and O–H groups in total. The average molecular weight is 366 g/mol. The van der Waals surface area contributed by atoms with E-state index < -0.39 is 24.3 Å². The quantitative estimate of drug-likeness (QED) is 0.726. The van der Waals surface area contributed by atoms with Gasteiger partial charge in [0.2, 0.25) is 0 Å². The molecule has 1 heterocycles. The molecule has 1 aliphatic rings. The Morgan fingerprint density at radius 3 is 2.42 bits per heavy atom. The van der Waals surface area contributed by atoms with Gasteiger partial charge < -0.3 is 4.74 Å². The molecule has 2 atom stereocenters. The van der Waals surface area contributed by atoms with Gasteiger partial charge in [-0.15, -0.1) is 13.2 Å². The molecule has 5 nitrogen and oxygen atoms in total. The highest BCUT2D eigenvalue weighted by Gasteiger charge is 2.33. The fraction of sp³-hybridized carbons (Fsp3) is 0.235. The standard InChI is InChI=1S/C17H14F4N4O/c18-13-3-1-10(2-4-13)5-11-6-12(16-15(9-22)23-25-24-16)8-14(7-11)26-17(19,20)21/h1-4,6-8,15-16,23-25H,5H2. The lowest BCUT2D eigenvalue weighted by Crippen LogP contribution is -2.32. The summed E-state index contributed by atoms with van der Waals surface area (Å²) in [5, 5.41) is 9.14. The zero-order valence-electron chi connectivity index (χ0n) is 13.3. The van der Waals surface area contributed by atoms with Crippen molar-refractivity contribution in [2.45, 2.75) is 24.9 Å². The van der Waals surface area contributed by atoms with E-state index in [9.17, 15) is 17.6 Å². The number of hydrogen-bond donors (Lipinski definition) is 3. The first-order valence-electron chi connectivity index (χ1n) is 7.64. The van der Waals surface area contributed by atoms with Crippen LogP contribution < -0.4 is 21.1 Å². The van der Waals surface area contributed by atoms with Gasteiger partial charge in [-0.1, -0.05) is 18.2 Å². The summed E-state index contributed by atoms with van der Waals surface area (Å²) in [5.41, 5.74) is 9.77. The number of hydrogen-bond acceptors (Lipinski definition) is 5. The van der Waals surface area contributed by atoms with E-state index in [-0.39, 0.29) is 12.2 Å². The van der Waals surface area contributed by atoms with Crippen molar-refractivity contribution in [1.82, 2.24) is 16.4 Å². The van der Waals surface area contributed by atoms with Gasteiger partial charge in [0.05, 0.1) is 12.1 Å². The van der Waals surface area contributed by atoms with Gasteiger partial charge in [-0.3, -0.25) is 0 Å². The Kier molecular flexibility index (Phi) is 5.08. The van der Waals surface area contributed by atoms with Crippen LogP contribution in [0.4, 0.5) is 17.6 Å². The molecule has 136 valence electrons. The summed E-state index contributed by atoms with van der Waals surface area (Å²) in [6.07, 6.45) is -4.55. The summed E-state index contributed by atoms with van der Waals surface area (Å²) in [6, 6.07) is 10.6. The molecule has 1 fully saturated rings. The molecule has 0 spiro atoms. The molecule has 1 saturated heterocycles. The molecule has 3 rings (SSSR count). The normalized spacial score (nSPS) is 20.0. The predicted molar refractivity (Wildman–Crippen MR) is 83.9 cm³/mol. The van der Waals surface area contributed by atoms with Gasteiger partial charge in [0.1, 0.15) is 17.6 Å². The minimum atomic E-state index is -4.83. The van der Waals surface area contributed by atoms with Crippen molar-refractivity contribution in [3.05, 3.63) is 65.0 Å². The molecule has 9 heteroatoms. The van der Waals surface area contributed by atoms with Crippen LogP contribution in [0.3, 0.4) is 0 Å². The lowest BCUT2D eigenvalue weighted by molar-refractivity contribution is -0.274. The number of hydrazine groups is 2. The van der Waals surface area contributed by atoms with Crippen LogP contribution in [0.15, 0.2) is 42.5 Å². The van der Waals surface area contributed by atoms with Crippen LogP contribution in [0, 0.1) is 17.1 Å². The van der Waals surface area contributed by atoms with E-state index in [0.717, 1.165) is 5.56 Å². The maximum Gasteiger partial charge on any atom is 0.573 e. The average Bonchev–Trinajstić information content (AvgIpc) is 3.04. The minimum Gasteiger partial charge on any atom is -0.406 e. The highest BCUT2D eigenvalue weighted by molar-refractivity contribution is 5.40. The van der Waals surface area contributed by atoms with E-state index in [2.05, 4.69) is 21.1 Å². The number of nitrogens with zero attached hydrogens (tertiary/aromatic N) is 1. The Labute approximate surface area is 146 Å². The van der Waals surface area contributed by atoms with Gasteiger partial charge >= 0.3 is 6.36 Å². The van der Waals surface area contributed by atoms with E-state index in [4.69, 9.17) is 5.26 Å². The second-order valence-electron chi connectivity index (χ2n) is 5.76. The zero-order valence-corrected chi connectivity index (χ0v) is 13.3. The van der Waals surface area contributed by atoms with E-state index >= 15 is 0 Å². The van der Waals surface area contributed by atoms with Crippen molar-refractivity contribution >= 4 is 0 Å². The molecule has 0 aromatic heterocycles. The van der Waals surface area contributed by atoms with E-state index in [1.54, 1.807) is 18.2 Å². The number of halogens is 4. The number of nitrogens with one attached hydrogen (secondary N) is 3. The first-order valence-corrected chi connectivity index (χ1v) is 7.64. The smallest absolute Gasteiger partial charge is 0.406 e. The molecular weight excluding hydrogens is 352 g/mol. The van der Waals surface area contributed by atoms with Crippen LogP contribution in [0.25, 0.3) is 0 Å². The van der Waals surface area contributed by atoms with Crippen LogP contribution >= 0.6 is 0 Å². The SMILES string of the molecule is N#CC1NNNC1c1cc(Cc2ccc(F)cc2)cc(OC(F)(F)F)c1. The number of ether oxygens (including phenoxy) is 1. The molecule has 2 aromatic carbocycles. The summed E-state index contributed by atoms with van der Waals surface area (Å²) >= 11 is 0. The Morgan fingerprint density at radius 2 is 1.77 bits per heavy atom. The largest absolute Gasteiger partial charge is 0.573 e. The van der Waals surface area contributed by atoms with Crippen molar-refractivity contribution in [2.75, 3.05) is 0 Å². The molecule has 26 heavy (non-hydrogen) atoms. The van der Waals surface area contributed by atoms with Gasteiger partial charge in [0.15, 0.2) is 0 Å². The molecule has 0 aliphatic carbocycles. The summed E-state index contributed by atoms with van der Waals surface area (Å²) in [4.78, 5) is 0. The Bertz CT molecular complexity index is 817. The van der Waals surface area contributed by atoms with Crippen LogP contribution in [0.1, 0.15) is 22.7 Å². The maximum absolute atomic E-state index is 13.0. The number of alkyl halides is 3. The molecule has 0 saturated carbocycles. The summed E-state index contributed by atoms with van der Waals surface area (Å²) in [5.74, 6) is -0.773. The fourth-order valence-electron chi connectivity index (χ4n) is 2.74. The van der Waals surface area contributed by atoms with E-state index in [1.165, 1.54) is 24.3 Å². The Balaban J connectivity index is 1.94. The van der Waals surface area contributed by atoms with Crippen molar-refractivity contribution in [3.63, 3.8) is 0 Å². The monoisotopic (exact) mass is 366 g/mol. The van der Waals surface area contributed by atoms with Crippen LogP contribution in [0.2, 0.25) is 0 Å². The molecule has 2 unspecified atom stereocenters. The molecule has 1 aliphatic heterocycles. The fourth-order valence-corrected chi connectivity index (χ4v) is 2.74. The van der Waals surface area contributed by atoms with Crippen molar-refractivity contribution in [1.29, 1.82) is 5.26 Å². The topological polar surface area (TPSA) is 69.1 Å². The van der Waals surface area contributed by atoms with Crippen molar-refractivity contribution in [3.8, 4) is 11.8 Å². The molecule has 0 amide bonds. The maximum atomic E-state index is 13.0. The van der Waals surface area contributed by atoms with Gasteiger partial charge in [0.25, 0.3) is 0 Å². The highest BCUT2D eigenvalue weighted by atomic mass is 19.4. The van der Waals surface area contributed by atoms with Crippen LogP contribution in [-0.4, -0.2) is 12.4 Å². The molecule has 2 aromatic rings.